The number of carbonyl (C=O) groups is 1. The van der Waals surface area contributed by atoms with Gasteiger partial charge in [0.05, 0.1) is 0 Å². The van der Waals surface area contributed by atoms with Gasteiger partial charge in [0.1, 0.15) is 6.10 Å². The lowest BCUT2D eigenvalue weighted by molar-refractivity contribution is -0.216. The van der Waals surface area contributed by atoms with Crippen molar-refractivity contribution in [2.24, 2.45) is 5.41 Å². The highest BCUT2D eigenvalue weighted by Gasteiger charge is 2.61. The molecule has 1 rings (SSSR count). The molecule has 106 valence electrons. The predicted octanol–water partition coefficient (Wildman–Crippen LogP) is 0.271. The van der Waals surface area contributed by atoms with E-state index in [1.165, 1.54) is 0 Å². The zero-order valence-electron chi connectivity index (χ0n) is 9.23. The summed E-state index contributed by atoms with van der Waals surface area (Å²) in [6.07, 6.45) is -10.5. The fourth-order valence-electron chi connectivity index (χ4n) is 1.71. The SMILES string of the molecule is O=C(NCC(O)C(F)F)C1(C(F)(F)F)CCNC1. The van der Waals surface area contributed by atoms with Crippen LogP contribution in [0.25, 0.3) is 0 Å². The van der Waals surface area contributed by atoms with Gasteiger partial charge in [0.25, 0.3) is 6.43 Å². The van der Waals surface area contributed by atoms with E-state index in [1.807, 2.05) is 0 Å². The molecule has 1 saturated heterocycles. The van der Waals surface area contributed by atoms with Crippen LogP contribution in [0, 0.1) is 5.41 Å². The second-order valence-corrected chi connectivity index (χ2v) is 4.12. The maximum Gasteiger partial charge on any atom is 0.404 e. The zero-order chi connectivity index (χ0) is 14.0. The Labute approximate surface area is 99.5 Å². The van der Waals surface area contributed by atoms with Gasteiger partial charge in [0.2, 0.25) is 5.91 Å². The van der Waals surface area contributed by atoms with Gasteiger partial charge < -0.3 is 15.7 Å². The van der Waals surface area contributed by atoms with Crippen molar-refractivity contribution in [1.29, 1.82) is 0 Å². The quantitative estimate of drug-likeness (QED) is 0.646. The molecule has 1 fully saturated rings. The molecule has 18 heavy (non-hydrogen) atoms. The molecule has 0 radical (unpaired) electrons. The number of aliphatic hydroxyl groups is 1. The van der Waals surface area contributed by atoms with E-state index >= 15 is 0 Å². The molecule has 0 spiro atoms. The lowest BCUT2D eigenvalue weighted by Crippen LogP contribution is -2.53. The first-order chi connectivity index (χ1) is 8.21. The highest BCUT2D eigenvalue weighted by Crippen LogP contribution is 2.43. The number of hydrogen-bond donors (Lipinski definition) is 3. The molecule has 1 amide bonds. The second kappa shape index (κ2) is 5.35. The molecule has 0 saturated carbocycles. The van der Waals surface area contributed by atoms with E-state index < -0.39 is 49.5 Å². The van der Waals surface area contributed by atoms with Crippen LogP contribution >= 0.6 is 0 Å². The molecule has 0 aromatic heterocycles. The molecule has 2 unspecified atom stereocenters. The molecular formula is C9H13F5N2O2. The third-order valence-corrected chi connectivity index (χ3v) is 2.90. The maximum atomic E-state index is 12.8. The van der Waals surface area contributed by atoms with Gasteiger partial charge in [-0.05, 0) is 13.0 Å². The Kier molecular flexibility index (Phi) is 4.49. The van der Waals surface area contributed by atoms with E-state index in [4.69, 9.17) is 5.11 Å². The van der Waals surface area contributed by atoms with Crippen molar-refractivity contribution in [3.05, 3.63) is 0 Å². The van der Waals surface area contributed by atoms with Crippen molar-refractivity contribution in [1.82, 2.24) is 10.6 Å². The Bertz CT molecular complexity index is 302. The lowest BCUT2D eigenvalue weighted by Gasteiger charge is -2.29. The van der Waals surface area contributed by atoms with Gasteiger partial charge in [-0.1, -0.05) is 0 Å². The van der Waals surface area contributed by atoms with Gasteiger partial charge >= 0.3 is 6.18 Å². The summed E-state index contributed by atoms with van der Waals surface area (Å²) in [5, 5.41) is 12.9. The van der Waals surface area contributed by atoms with Crippen molar-refractivity contribution in [3.8, 4) is 0 Å². The average molecular weight is 276 g/mol. The van der Waals surface area contributed by atoms with Crippen LogP contribution in [0.2, 0.25) is 0 Å². The summed E-state index contributed by atoms with van der Waals surface area (Å²) < 4.78 is 62.4. The molecule has 3 N–H and O–H groups in total. The molecule has 4 nitrogen and oxygen atoms in total. The third kappa shape index (κ3) is 2.89. The number of rotatable bonds is 4. The van der Waals surface area contributed by atoms with Crippen LogP contribution in [0.15, 0.2) is 0 Å². The first kappa shape index (κ1) is 15.1. The summed E-state index contributed by atoms with van der Waals surface area (Å²) in [6, 6.07) is 0. The minimum Gasteiger partial charge on any atom is -0.385 e. The van der Waals surface area contributed by atoms with E-state index in [0.717, 1.165) is 0 Å². The Hall–Kier alpha value is -0.960. The minimum atomic E-state index is -4.77. The summed E-state index contributed by atoms with van der Waals surface area (Å²) >= 11 is 0. The number of alkyl halides is 5. The maximum absolute atomic E-state index is 12.8. The van der Waals surface area contributed by atoms with Crippen LogP contribution in [-0.4, -0.2) is 49.4 Å². The number of aliphatic hydroxyl groups excluding tert-OH is 1. The fourth-order valence-corrected chi connectivity index (χ4v) is 1.71. The van der Waals surface area contributed by atoms with Crippen LogP contribution in [0.4, 0.5) is 22.0 Å². The van der Waals surface area contributed by atoms with Crippen LogP contribution in [0.5, 0.6) is 0 Å². The van der Waals surface area contributed by atoms with Gasteiger partial charge in [-0.2, -0.15) is 13.2 Å². The van der Waals surface area contributed by atoms with Gasteiger partial charge in [-0.3, -0.25) is 4.79 Å². The van der Waals surface area contributed by atoms with Gasteiger partial charge in [0, 0.05) is 13.1 Å². The number of nitrogens with one attached hydrogen (secondary N) is 2. The van der Waals surface area contributed by atoms with Crippen molar-refractivity contribution in [3.63, 3.8) is 0 Å². The lowest BCUT2D eigenvalue weighted by atomic mass is 9.85. The van der Waals surface area contributed by atoms with Crippen LogP contribution in [0.3, 0.4) is 0 Å². The molecule has 1 heterocycles. The average Bonchev–Trinajstić information content (AvgIpc) is 2.74. The van der Waals surface area contributed by atoms with Crippen LogP contribution in [-0.2, 0) is 4.79 Å². The van der Waals surface area contributed by atoms with Crippen molar-refractivity contribution in [2.45, 2.75) is 25.1 Å². The van der Waals surface area contributed by atoms with Gasteiger partial charge in [0.15, 0.2) is 5.41 Å². The zero-order valence-corrected chi connectivity index (χ0v) is 9.23. The standard InChI is InChI=1S/C9H13F5N2O2/c10-6(11)5(17)3-16-7(18)8(9(12,13)14)1-2-15-4-8/h5-6,15,17H,1-4H2,(H,16,18). The molecular weight excluding hydrogens is 263 g/mol. The van der Waals surface area contributed by atoms with Crippen LogP contribution < -0.4 is 10.6 Å². The summed E-state index contributed by atoms with van der Waals surface area (Å²) in [7, 11) is 0. The molecule has 1 aliphatic rings. The predicted molar refractivity (Wildman–Crippen MR) is 51.0 cm³/mol. The minimum absolute atomic E-state index is 0.0182. The Morgan fingerprint density at radius 1 is 1.44 bits per heavy atom. The topological polar surface area (TPSA) is 61.4 Å². The Balaban J connectivity index is 2.68. The smallest absolute Gasteiger partial charge is 0.385 e. The van der Waals surface area contributed by atoms with Crippen molar-refractivity contribution in [2.75, 3.05) is 19.6 Å². The molecule has 0 aliphatic carbocycles. The number of amides is 1. The van der Waals surface area contributed by atoms with E-state index in [1.54, 1.807) is 5.32 Å². The molecule has 0 bridgehead atoms. The second-order valence-electron chi connectivity index (χ2n) is 4.12. The van der Waals surface area contributed by atoms with Gasteiger partial charge in [-0.25, -0.2) is 8.78 Å². The Morgan fingerprint density at radius 2 is 2.06 bits per heavy atom. The molecule has 9 heteroatoms. The highest BCUT2D eigenvalue weighted by atomic mass is 19.4. The van der Waals surface area contributed by atoms with E-state index in [2.05, 4.69) is 5.32 Å². The highest BCUT2D eigenvalue weighted by molar-refractivity contribution is 5.84. The van der Waals surface area contributed by atoms with Gasteiger partial charge in [-0.15, -0.1) is 0 Å². The summed E-state index contributed by atoms with van der Waals surface area (Å²) in [5.41, 5.74) is -2.60. The van der Waals surface area contributed by atoms with E-state index in [-0.39, 0.29) is 6.54 Å². The molecule has 0 aromatic carbocycles. The summed E-state index contributed by atoms with van der Waals surface area (Å²) in [5.74, 6) is -1.39. The van der Waals surface area contributed by atoms with Crippen molar-refractivity contribution >= 4 is 5.91 Å². The summed E-state index contributed by atoms with van der Waals surface area (Å²) in [6.45, 7) is -1.48. The van der Waals surface area contributed by atoms with E-state index in [0.29, 0.717) is 0 Å². The first-order valence-electron chi connectivity index (χ1n) is 5.23. The Morgan fingerprint density at radius 3 is 2.44 bits per heavy atom. The largest absolute Gasteiger partial charge is 0.404 e. The molecule has 0 aromatic rings. The van der Waals surface area contributed by atoms with Crippen molar-refractivity contribution < 1.29 is 31.9 Å². The number of carbonyl (C=O) groups excluding carboxylic acids is 1. The summed E-state index contributed by atoms with van der Waals surface area (Å²) in [4.78, 5) is 11.5. The first-order valence-corrected chi connectivity index (χ1v) is 5.23. The molecule has 1 aliphatic heterocycles. The normalized spacial score (nSPS) is 26.4. The number of halogens is 5. The van der Waals surface area contributed by atoms with Crippen LogP contribution in [0.1, 0.15) is 6.42 Å². The van der Waals surface area contributed by atoms with E-state index in [9.17, 15) is 26.7 Å². The molecule has 2 atom stereocenters. The number of hydrogen-bond acceptors (Lipinski definition) is 3. The monoisotopic (exact) mass is 276 g/mol. The fraction of sp³-hybridized carbons (Fsp3) is 0.889. The third-order valence-electron chi connectivity index (χ3n) is 2.90.